The number of hydrogen-bond donors (Lipinski definition) is 2. The third kappa shape index (κ3) is 3.19. The first-order valence-electron chi connectivity index (χ1n) is 7.77. The molecule has 0 aliphatic carbocycles. The van der Waals surface area contributed by atoms with Crippen LogP contribution in [-0.4, -0.2) is 20.7 Å². The quantitative estimate of drug-likeness (QED) is 0.561. The Kier molecular flexibility index (Phi) is 3.99. The minimum absolute atomic E-state index is 0.0742. The number of aromatic nitrogens is 3. The lowest BCUT2D eigenvalue weighted by Crippen LogP contribution is -2.23. The first-order valence-corrected chi connectivity index (χ1v) is 8.59. The Morgan fingerprint density at radius 1 is 1.22 bits per heavy atom. The first-order chi connectivity index (χ1) is 12.8. The monoisotopic (exact) mass is 392 g/mol. The number of amides is 1. The van der Waals surface area contributed by atoms with Gasteiger partial charge in [0, 0.05) is 21.8 Å². The van der Waals surface area contributed by atoms with Crippen LogP contribution in [0.3, 0.4) is 0 Å². The van der Waals surface area contributed by atoms with Crippen molar-refractivity contribution in [2.45, 2.75) is 12.8 Å². The van der Waals surface area contributed by atoms with Crippen molar-refractivity contribution >= 4 is 38.2 Å². The molecule has 3 heterocycles. The molecular weight excluding hydrogens is 381 g/mol. The molecule has 6 nitrogen and oxygen atoms in total. The number of alkyl halides is 3. The van der Waals surface area contributed by atoms with Crippen molar-refractivity contribution in [3.05, 3.63) is 63.5 Å². The van der Waals surface area contributed by atoms with Gasteiger partial charge in [0.15, 0.2) is 0 Å². The number of nitrogens with zero attached hydrogens (tertiary/aromatic N) is 2. The number of aromatic amines is 1. The molecule has 0 aliphatic heterocycles. The normalized spacial score (nSPS) is 12.0. The summed E-state index contributed by atoms with van der Waals surface area (Å²) in [6.07, 6.45) is -3.82. The second-order valence-corrected chi connectivity index (χ2v) is 6.81. The predicted molar refractivity (Wildman–Crippen MR) is 94.6 cm³/mol. The Labute approximate surface area is 153 Å². The van der Waals surface area contributed by atoms with Crippen molar-refractivity contribution in [3.8, 4) is 0 Å². The largest absolute Gasteiger partial charge is 0.504 e. The van der Waals surface area contributed by atoms with Crippen molar-refractivity contribution in [2.24, 2.45) is 0 Å². The average Bonchev–Trinajstić information content (AvgIpc) is 3.27. The summed E-state index contributed by atoms with van der Waals surface area (Å²) < 4.78 is 38.1. The first kappa shape index (κ1) is 17.3. The van der Waals surface area contributed by atoms with Crippen molar-refractivity contribution in [3.63, 3.8) is 0 Å². The maximum absolute atomic E-state index is 12.5. The summed E-state index contributed by atoms with van der Waals surface area (Å²) in [7, 11) is 0. The minimum atomic E-state index is -4.60. The third-order valence-electron chi connectivity index (χ3n) is 3.95. The molecule has 0 bridgehead atoms. The highest BCUT2D eigenvalue weighted by Gasteiger charge is 2.31. The van der Waals surface area contributed by atoms with Crippen LogP contribution in [0.25, 0.3) is 21.0 Å². The standard InChI is InChI=1S/C17H11F3N4O2S/c18-17(19,20)24-6-5-9(23-24)8-21-16(26)13-7-11-14(27-13)10-3-1-2-4-12(10)22-15(11)25/h1-7H,8H2,(H,21,26)(H,22,25). The fourth-order valence-corrected chi connectivity index (χ4v) is 3.82. The van der Waals surface area contributed by atoms with E-state index in [9.17, 15) is 22.8 Å². The molecule has 4 rings (SSSR count). The average molecular weight is 392 g/mol. The van der Waals surface area contributed by atoms with E-state index in [-0.39, 0.29) is 22.5 Å². The van der Waals surface area contributed by atoms with Crippen molar-refractivity contribution in [2.75, 3.05) is 0 Å². The number of para-hydroxylation sites is 1. The van der Waals surface area contributed by atoms with E-state index in [4.69, 9.17) is 0 Å². The molecule has 3 aromatic heterocycles. The van der Waals surface area contributed by atoms with Crippen LogP contribution in [-0.2, 0) is 12.8 Å². The zero-order valence-corrected chi connectivity index (χ0v) is 14.3. The van der Waals surface area contributed by atoms with E-state index in [1.807, 2.05) is 12.1 Å². The molecule has 1 amide bonds. The molecule has 4 aromatic rings. The second kappa shape index (κ2) is 6.23. The van der Waals surface area contributed by atoms with Crippen LogP contribution in [0.4, 0.5) is 13.2 Å². The molecule has 0 radical (unpaired) electrons. The SMILES string of the molecule is O=C(NCc1ccn(C(F)(F)F)n1)c1cc2c(=O)[nH]c3ccccc3c2s1. The summed E-state index contributed by atoms with van der Waals surface area (Å²) in [5.74, 6) is -0.485. The van der Waals surface area contributed by atoms with E-state index in [1.54, 1.807) is 12.1 Å². The number of nitrogens with one attached hydrogen (secondary N) is 2. The molecule has 2 N–H and O–H groups in total. The van der Waals surface area contributed by atoms with Crippen molar-refractivity contribution in [1.29, 1.82) is 0 Å². The van der Waals surface area contributed by atoms with E-state index < -0.39 is 12.2 Å². The molecule has 0 saturated carbocycles. The number of H-pyrrole nitrogens is 1. The van der Waals surface area contributed by atoms with Gasteiger partial charge in [-0.2, -0.15) is 9.78 Å². The Hall–Kier alpha value is -3.14. The number of halogens is 3. The van der Waals surface area contributed by atoms with Gasteiger partial charge in [0.05, 0.1) is 22.5 Å². The van der Waals surface area contributed by atoms with Gasteiger partial charge in [-0.1, -0.05) is 18.2 Å². The molecule has 0 fully saturated rings. The van der Waals surface area contributed by atoms with E-state index in [0.29, 0.717) is 20.5 Å². The topological polar surface area (TPSA) is 79.8 Å². The van der Waals surface area contributed by atoms with Crippen molar-refractivity contribution < 1.29 is 18.0 Å². The summed E-state index contributed by atoms with van der Waals surface area (Å²) in [6, 6.07) is 9.90. The Morgan fingerprint density at radius 3 is 2.74 bits per heavy atom. The third-order valence-corrected chi connectivity index (χ3v) is 5.12. The van der Waals surface area contributed by atoms with Crippen LogP contribution in [0.5, 0.6) is 0 Å². The van der Waals surface area contributed by atoms with Gasteiger partial charge in [-0.3, -0.25) is 9.59 Å². The summed E-state index contributed by atoms with van der Waals surface area (Å²) in [4.78, 5) is 27.6. The fourth-order valence-electron chi connectivity index (χ4n) is 2.71. The zero-order valence-electron chi connectivity index (χ0n) is 13.5. The molecule has 138 valence electrons. The van der Waals surface area contributed by atoms with Crippen molar-refractivity contribution in [1.82, 2.24) is 20.1 Å². The number of hydrogen-bond acceptors (Lipinski definition) is 4. The molecule has 0 unspecified atom stereocenters. The number of pyridine rings is 1. The van der Waals surface area contributed by atoms with Gasteiger partial charge in [-0.05, 0) is 18.2 Å². The molecule has 0 saturated heterocycles. The highest BCUT2D eigenvalue weighted by molar-refractivity contribution is 7.21. The number of rotatable bonds is 3. The number of carbonyl (C=O) groups excluding carboxylic acids is 1. The number of thiophene rings is 1. The smallest absolute Gasteiger partial charge is 0.346 e. The Morgan fingerprint density at radius 2 is 2.00 bits per heavy atom. The number of benzene rings is 1. The number of fused-ring (bicyclic) bond motifs is 3. The molecule has 27 heavy (non-hydrogen) atoms. The minimum Gasteiger partial charge on any atom is -0.346 e. The molecule has 0 spiro atoms. The van der Waals surface area contributed by atoms with Crippen LogP contribution in [0.2, 0.25) is 0 Å². The Balaban J connectivity index is 1.60. The van der Waals surface area contributed by atoms with Gasteiger partial charge in [-0.15, -0.1) is 24.5 Å². The summed E-state index contributed by atoms with van der Waals surface area (Å²) in [5, 5.41) is 7.11. The summed E-state index contributed by atoms with van der Waals surface area (Å²) in [6.45, 7) is -0.159. The lowest BCUT2D eigenvalue weighted by Gasteiger charge is -2.04. The van der Waals surface area contributed by atoms with Crippen LogP contribution >= 0.6 is 11.3 Å². The van der Waals surface area contributed by atoms with E-state index in [2.05, 4.69) is 15.4 Å². The molecular formula is C17H11F3N4O2S. The lowest BCUT2D eigenvalue weighted by atomic mass is 10.2. The van der Waals surface area contributed by atoms with Gasteiger partial charge in [0.25, 0.3) is 11.5 Å². The van der Waals surface area contributed by atoms with E-state index in [1.165, 1.54) is 12.1 Å². The maximum atomic E-state index is 12.5. The van der Waals surface area contributed by atoms with Gasteiger partial charge >= 0.3 is 6.30 Å². The predicted octanol–water partition coefficient (Wildman–Crippen LogP) is 3.35. The van der Waals surface area contributed by atoms with Gasteiger partial charge in [0.2, 0.25) is 0 Å². The summed E-state index contributed by atoms with van der Waals surface area (Å²) in [5.41, 5.74) is 0.439. The fraction of sp³-hybridized carbons (Fsp3) is 0.118. The molecule has 10 heteroatoms. The van der Waals surface area contributed by atoms with E-state index >= 15 is 0 Å². The van der Waals surface area contributed by atoms with Crippen LogP contribution in [0.15, 0.2) is 47.4 Å². The van der Waals surface area contributed by atoms with Crippen LogP contribution in [0, 0.1) is 0 Å². The van der Waals surface area contributed by atoms with Crippen LogP contribution in [0.1, 0.15) is 15.4 Å². The van der Waals surface area contributed by atoms with Gasteiger partial charge in [-0.25, -0.2) is 0 Å². The van der Waals surface area contributed by atoms with Gasteiger partial charge in [0.1, 0.15) is 0 Å². The summed E-state index contributed by atoms with van der Waals surface area (Å²) >= 11 is 1.16. The van der Waals surface area contributed by atoms with Crippen LogP contribution < -0.4 is 10.9 Å². The highest BCUT2D eigenvalue weighted by Crippen LogP contribution is 2.29. The van der Waals surface area contributed by atoms with E-state index in [0.717, 1.165) is 22.9 Å². The molecule has 0 atom stereocenters. The number of carbonyl (C=O) groups is 1. The lowest BCUT2D eigenvalue weighted by molar-refractivity contribution is -0.212. The zero-order chi connectivity index (χ0) is 19.2. The Bertz CT molecular complexity index is 1220. The second-order valence-electron chi connectivity index (χ2n) is 5.76. The maximum Gasteiger partial charge on any atom is 0.504 e. The molecule has 1 aromatic carbocycles. The van der Waals surface area contributed by atoms with Gasteiger partial charge < -0.3 is 10.3 Å². The highest BCUT2D eigenvalue weighted by atomic mass is 32.1. The molecule has 0 aliphatic rings.